The SMILES string of the molecule is C/C=C\CC(=O)OCCN(C)CCN(CCN(C)CCOC(C)=O)CCN(C)CCOC(=O)C/C=C\C. The molecule has 0 aliphatic carbocycles. The normalized spacial score (nSPS) is 11.9. The minimum absolute atomic E-state index is 0.208. The molecule has 0 spiro atoms. The summed E-state index contributed by atoms with van der Waals surface area (Å²) in [5, 5.41) is 0. The van der Waals surface area contributed by atoms with E-state index >= 15 is 0 Å². The molecule has 0 atom stereocenters. The molecule has 0 heterocycles. The number of ether oxygens (including phenoxy) is 3. The van der Waals surface area contributed by atoms with Gasteiger partial charge in [0.1, 0.15) is 19.8 Å². The molecule has 0 rings (SSSR count). The van der Waals surface area contributed by atoms with Gasteiger partial charge in [-0.25, -0.2) is 0 Å². The second-order valence-electron chi connectivity index (χ2n) is 9.08. The molecule has 37 heavy (non-hydrogen) atoms. The number of likely N-dealkylation sites (N-methyl/N-ethyl adjacent to an activating group) is 3. The fraction of sp³-hybridized carbons (Fsp3) is 0.741. The van der Waals surface area contributed by atoms with Crippen LogP contribution in [0, 0.1) is 0 Å². The van der Waals surface area contributed by atoms with Crippen molar-refractivity contribution in [1.82, 2.24) is 19.6 Å². The molecule has 0 N–H and O–H groups in total. The molecule has 0 aromatic carbocycles. The molecule has 0 amide bonds. The van der Waals surface area contributed by atoms with Crippen LogP contribution in [0.15, 0.2) is 24.3 Å². The van der Waals surface area contributed by atoms with Gasteiger partial charge in [-0.15, -0.1) is 0 Å². The van der Waals surface area contributed by atoms with E-state index < -0.39 is 0 Å². The van der Waals surface area contributed by atoms with E-state index in [4.69, 9.17) is 14.2 Å². The van der Waals surface area contributed by atoms with E-state index in [1.807, 2.05) is 47.1 Å². The van der Waals surface area contributed by atoms with Gasteiger partial charge in [0.05, 0.1) is 12.8 Å². The Morgan fingerprint density at radius 2 is 0.919 bits per heavy atom. The van der Waals surface area contributed by atoms with Crippen LogP contribution in [0.25, 0.3) is 0 Å². The first kappa shape index (κ1) is 34.7. The molecule has 0 aromatic rings. The lowest BCUT2D eigenvalue weighted by Gasteiger charge is -2.29. The van der Waals surface area contributed by atoms with Crippen molar-refractivity contribution < 1.29 is 28.6 Å². The van der Waals surface area contributed by atoms with Gasteiger partial charge in [-0.1, -0.05) is 24.3 Å². The van der Waals surface area contributed by atoms with Crippen LogP contribution in [0.2, 0.25) is 0 Å². The Kier molecular flexibility index (Phi) is 21.5. The Morgan fingerprint density at radius 1 is 0.568 bits per heavy atom. The molecule has 0 saturated carbocycles. The van der Waals surface area contributed by atoms with E-state index in [-0.39, 0.29) is 17.9 Å². The fourth-order valence-corrected chi connectivity index (χ4v) is 3.13. The smallest absolute Gasteiger partial charge is 0.309 e. The maximum Gasteiger partial charge on any atom is 0.309 e. The van der Waals surface area contributed by atoms with E-state index in [9.17, 15) is 14.4 Å². The van der Waals surface area contributed by atoms with E-state index in [0.29, 0.717) is 52.3 Å². The van der Waals surface area contributed by atoms with Crippen molar-refractivity contribution in [1.29, 1.82) is 0 Å². The average molecular weight is 527 g/mol. The van der Waals surface area contributed by atoms with Gasteiger partial charge >= 0.3 is 17.9 Å². The quantitative estimate of drug-likeness (QED) is 0.118. The summed E-state index contributed by atoms with van der Waals surface area (Å²) in [6, 6.07) is 0. The zero-order valence-corrected chi connectivity index (χ0v) is 23.9. The molecule has 0 fully saturated rings. The van der Waals surface area contributed by atoms with Crippen molar-refractivity contribution in [2.45, 2.75) is 33.6 Å². The number of carbonyl (C=O) groups is 3. The van der Waals surface area contributed by atoms with Crippen molar-refractivity contribution >= 4 is 17.9 Å². The first-order valence-corrected chi connectivity index (χ1v) is 13.1. The van der Waals surface area contributed by atoms with Crippen LogP contribution < -0.4 is 0 Å². The second kappa shape index (κ2) is 22.9. The minimum atomic E-state index is -0.263. The summed E-state index contributed by atoms with van der Waals surface area (Å²) in [6.45, 7) is 13.5. The summed E-state index contributed by atoms with van der Waals surface area (Å²) >= 11 is 0. The molecule has 0 bridgehead atoms. The summed E-state index contributed by atoms with van der Waals surface area (Å²) in [5.41, 5.74) is 0. The van der Waals surface area contributed by atoms with Gasteiger partial charge in [-0.05, 0) is 35.0 Å². The van der Waals surface area contributed by atoms with Crippen LogP contribution in [0.3, 0.4) is 0 Å². The molecule has 0 aromatic heterocycles. The van der Waals surface area contributed by atoms with Gasteiger partial charge in [0.2, 0.25) is 0 Å². The third kappa shape index (κ3) is 22.6. The summed E-state index contributed by atoms with van der Waals surface area (Å²) in [5.74, 6) is -0.679. The second-order valence-corrected chi connectivity index (χ2v) is 9.08. The highest BCUT2D eigenvalue weighted by molar-refractivity contribution is 5.71. The largest absolute Gasteiger partial charge is 0.465 e. The van der Waals surface area contributed by atoms with Crippen LogP contribution in [0.1, 0.15) is 33.6 Å². The molecule has 10 nitrogen and oxygen atoms in total. The molecule has 0 unspecified atom stereocenters. The molecule has 0 aliphatic rings. The molecule has 214 valence electrons. The topological polar surface area (TPSA) is 91.9 Å². The van der Waals surface area contributed by atoms with Crippen molar-refractivity contribution in [2.75, 3.05) is 99.9 Å². The Balaban J connectivity index is 4.54. The van der Waals surface area contributed by atoms with Gasteiger partial charge in [-0.2, -0.15) is 0 Å². The number of hydrogen-bond acceptors (Lipinski definition) is 10. The predicted octanol–water partition coefficient (Wildman–Crippen LogP) is 1.67. The minimum Gasteiger partial charge on any atom is -0.465 e. The van der Waals surface area contributed by atoms with Gasteiger partial charge in [0, 0.05) is 65.8 Å². The molecule has 10 heteroatoms. The van der Waals surface area contributed by atoms with E-state index in [0.717, 1.165) is 39.3 Å². The summed E-state index contributed by atoms with van der Waals surface area (Å²) in [6.07, 6.45) is 7.87. The zero-order valence-electron chi connectivity index (χ0n) is 23.9. The lowest BCUT2D eigenvalue weighted by Crippen LogP contribution is -2.42. The number of carbonyl (C=O) groups excluding carboxylic acids is 3. The number of hydrogen-bond donors (Lipinski definition) is 0. The molecular weight excluding hydrogens is 476 g/mol. The number of nitrogens with zero attached hydrogens (tertiary/aromatic N) is 4. The Bertz CT molecular complexity index is 644. The predicted molar refractivity (Wildman–Crippen MR) is 146 cm³/mol. The highest BCUT2D eigenvalue weighted by Crippen LogP contribution is 1.97. The summed E-state index contributed by atoms with van der Waals surface area (Å²) in [4.78, 5) is 43.2. The average Bonchev–Trinajstić information content (AvgIpc) is 2.85. The van der Waals surface area contributed by atoms with Crippen LogP contribution in [0.5, 0.6) is 0 Å². The highest BCUT2D eigenvalue weighted by Gasteiger charge is 2.11. The third-order valence-corrected chi connectivity index (χ3v) is 5.68. The first-order chi connectivity index (χ1) is 17.7. The number of allylic oxidation sites excluding steroid dienone is 2. The Morgan fingerprint density at radius 3 is 1.24 bits per heavy atom. The van der Waals surface area contributed by atoms with Crippen LogP contribution >= 0.6 is 0 Å². The van der Waals surface area contributed by atoms with Crippen LogP contribution in [-0.2, 0) is 28.6 Å². The zero-order chi connectivity index (χ0) is 27.9. The molecule has 0 saturated heterocycles. The van der Waals surface area contributed by atoms with E-state index in [2.05, 4.69) is 19.6 Å². The molecule has 0 radical (unpaired) electrons. The van der Waals surface area contributed by atoms with Crippen LogP contribution in [-0.4, -0.2) is 137 Å². The van der Waals surface area contributed by atoms with Crippen molar-refractivity contribution in [2.24, 2.45) is 0 Å². The van der Waals surface area contributed by atoms with Crippen LogP contribution in [0.4, 0.5) is 0 Å². The van der Waals surface area contributed by atoms with E-state index in [1.54, 1.807) is 12.2 Å². The monoisotopic (exact) mass is 526 g/mol. The third-order valence-electron chi connectivity index (χ3n) is 5.68. The Labute approximate surface area is 224 Å². The van der Waals surface area contributed by atoms with E-state index in [1.165, 1.54) is 6.92 Å². The van der Waals surface area contributed by atoms with Crippen molar-refractivity contribution in [3.63, 3.8) is 0 Å². The number of esters is 3. The van der Waals surface area contributed by atoms with Gasteiger partial charge in [0.15, 0.2) is 0 Å². The van der Waals surface area contributed by atoms with Crippen molar-refractivity contribution in [3.8, 4) is 0 Å². The first-order valence-electron chi connectivity index (χ1n) is 13.1. The Hall–Kier alpha value is -2.27. The van der Waals surface area contributed by atoms with Gasteiger partial charge in [0.25, 0.3) is 0 Å². The maximum absolute atomic E-state index is 11.7. The lowest BCUT2D eigenvalue weighted by atomic mass is 10.3. The lowest BCUT2D eigenvalue weighted by molar-refractivity contribution is -0.143. The molecular formula is C27H50N4O6. The summed E-state index contributed by atoms with van der Waals surface area (Å²) in [7, 11) is 6.07. The standard InChI is InChI=1S/C27H50N4O6/c1-7-9-11-26(33)36-23-20-29(5)14-17-31(16-13-28(4)19-22-35-25(3)32)18-15-30(6)21-24-37-27(34)12-10-8-2/h7-10H,11-24H2,1-6H3/b9-7-,10-8-. The van der Waals surface area contributed by atoms with Gasteiger partial charge in [-0.3, -0.25) is 19.3 Å². The van der Waals surface area contributed by atoms with Crippen molar-refractivity contribution in [3.05, 3.63) is 24.3 Å². The number of rotatable bonds is 22. The maximum atomic E-state index is 11.7. The molecule has 0 aliphatic heterocycles. The summed E-state index contributed by atoms with van der Waals surface area (Å²) < 4.78 is 15.6. The fourth-order valence-electron chi connectivity index (χ4n) is 3.13. The van der Waals surface area contributed by atoms with Gasteiger partial charge < -0.3 is 28.9 Å². The highest BCUT2D eigenvalue weighted by atomic mass is 16.5.